The monoisotopic (exact) mass is 487 g/mol. The fourth-order valence-corrected chi connectivity index (χ4v) is 4.06. The van der Waals surface area contributed by atoms with E-state index < -0.39 is 74.6 Å². The van der Waals surface area contributed by atoms with Crippen molar-refractivity contribution in [1.29, 1.82) is 0 Å². The third kappa shape index (κ3) is 6.94. The van der Waals surface area contributed by atoms with Gasteiger partial charge in [0.2, 0.25) is 5.91 Å². The van der Waals surface area contributed by atoms with Gasteiger partial charge in [0.15, 0.2) is 12.6 Å². The minimum Gasteiger partial charge on any atom is -0.394 e. The molecule has 0 bridgehead atoms. The van der Waals surface area contributed by atoms with Crippen LogP contribution in [0.2, 0.25) is 0 Å². The molecule has 2 aliphatic heterocycles. The van der Waals surface area contributed by atoms with Crippen LogP contribution in [0.3, 0.4) is 0 Å². The topological polar surface area (TPSA) is 208 Å². The highest BCUT2D eigenvalue weighted by atomic mass is 32.2. The van der Waals surface area contributed by atoms with E-state index in [2.05, 4.69) is 5.32 Å². The van der Waals surface area contributed by atoms with Gasteiger partial charge in [-0.25, -0.2) is 0 Å². The maximum absolute atomic E-state index is 11.2. The standard InChI is InChI=1S/C18H33NO12S/c1-19-10(22)2-4-32-5-3-28-17-15(27)13(25)16(9(7-21)30-17)31-18-14(26)12(24)11(23)8(6-20)29-18/h8-9,11-18,20-21,23-27H,2-7H2,1H3,(H,19,22). The number of thioether (sulfide) groups is 1. The van der Waals surface area contributed by atoms with Gasteiger partial charge < -0.3 is 60.0 Å². The Morgan fingerprint density at radius 2 is 1.50 bits per heavy atom. The Morgan fingerprint density at radius 1 is 0.875 bits per heavy atom. The molecule has 32 heavy (non-hydrogen) atoms. The van der Waals surface area contributed by atoms with Gasteiger partial charge in [0.25, 0.3) is 0 Å². The summed E-state index contributed by atoms with van der Waals surface area (Å²) < 4.78 is 21.7. The molecule has 0 aliphatic carbocycles. The molecule has 2 rings (SSSR count). The SMILES string of the molecule is CNC(=O)CCSCCOC1OC(CO)C(OC2OC(CO)C(O)C(O)C2O)C(O)C1O. The third-order valence-corrected chi connectivity index (χ3v) is 6.17. The highest BCUT2D eigenvalue weighted by Crippen LogP contribution is 2.29. The first-order valence-electron chi connectivity index (χ1n) is 10.2. The van der Waals surface area contributed by atoms with E-state index in [-0.39, 0.29) is 12.5 Å². The van der Waals surface area contributed by atoms with Crippen molar-refractivity contribution in [2.24, 2.45) is 0 Å². The lowest BCUT2D eigenvalue weighted by Gasteiger charge is -2.45. The average molecular weight is 488 g/mol. The summed E-state index contributed by atoms with van der Waals surface area (Å²) in [5, 5.41) is 72.1. The zero-order valence-electron chi connectivity index (χ0n) is 17.6. The van der Waals surface area contributed by atoms with Gasteiger partial charge >= 0.3 is 0 Å². The number of hydrogen-bond acceptors (Lipinski definition) is 13. The molecular formula is C18H33NO12S. The van der Waals surface area contributed by atoms with Crippen LogP contribution in [-0.4, -0.2) is 141 Å². The maximum atomic E-state index is 11.2. The van der Waals surface area contributed by atoms with Crippen LogP contribution in [-0.2, 0) is 23.7 Å². The number of hydrogen-bond donors (Lipinski definition) is 8. The molecule has 0 aromatic heterocycles. The molecule has 13 nitrogen and oxygen atoms in total. The normalized spacial score (nSPS) is 40.2. The fraction of sp³-hybridized carbons (Fsp3) is 0.944. The predicted octanol–water partition coefficient (Wildman–Crippen LogP) is -4.50. The summed E-state index contributed by atoms with van der Waals surface area (Å²) in [5.74, 6) is 0.992. The maximum Gasteiger partial charge on any atom is 0.220 e. The summed E-state index contributed by atoms with van der Waals surface area (Å²) in [6, 6.07) is 0. The van der Waals surface area contributed by atoms with Crippen molar-refractivity contribution in [3.63, 3.8) is 0 Å². The van der Waals surface area contributed by atoms with Gasteiger partial charge in [0.05, 0.1) is 19.8 Å². The van der Waals surface area contributed by atoms with Crippen molar-refractivity contribution in [2.45, 2.75) is 67.8 Å². The summed E-state index contributed by atoms with van der Waals surface area (Å²) in [6.07, 6.45) is -14.5. The molecule has 0 saturated carbocycles. The summed E-state index contributed by atoms with van der Waals surface area (Å²) in [7, 11) is 1.55. The van der Waals surface area contributed by atoms with Crippen molar-refractivity contribution in [3.8, 4) is 0 Å². The number of amides is 1. The van der Waals surface area contributed by atoms with Gasteiger partial charge in [-0.05, 0) is 0 Å². The van der Waals surface area contributed by atoms with E-state index in [0.29, 0.717) is 17.9 Å². The number of ether oxygens (including phenoxy) is 4. The van der Waals surface area contributed by atoms with E-state index >= 15 is 0 Å². The van der Waals surface area contributed by atoms with Crippen LogP contribution in [0.4, 0.5) is 0 Å². The fourth-order valence-electron chi connectivity index (χ4n) is 3.31. The Kier molecular flexibility index (Phi) is 11.5. The second kappa shape index (κ2) is 13.3. The van der Waals surface area contributed by atoms with Gasteiger partial charge in [0.1, 0.15) is 48.8 Å². The number of nitrogens with one attached hydrogen (secondary N) is 1. The molecule has 2 saturated heterocycles. The van der Waals surface area contributed by atoms with Gasteiger partial charge in [-0.2, -0.15) is 11.8 Å². The van der Waals surface area contributed by atoms with Crippen molar-refractivity contribution in [1.82, 2.24) is 5.32 Å². The summed E-state index contributed by atoms with van der Waals surface area (Å²) in [4.78, 5) is 11.2. The number of carbonyl (C=O) groups excluding carboxylic acids is 1. The van der Waals surface area contributed by atoms with Crippen LogP contribution < -0.4 is 5.32 Å². The van der Waals surface area contributed by atoms with Crippen molar-refractivity contribution < 1.29 is 59.5 Å². The summed E-state index contributed by atoms with van der Waals surface area (Å²) in [5.41, 5.74) is 0. The Morgan fingerprint density at radius 3 is 2.12 bits per heavy atom. The van der Waals surface area contributed by atoms with Gasteiger partial charge in [-0.1, -0.05) is 0 Å². The van der Waals surface area contributed by atoms with Gasteiger partial charge in [0, 0.05) is 25.0 Å². The molecular weight excluding hydrogens is 454 g/mol. The van der Waals surface area contributed by atoms with Crippen molar-refractivity contribution in [3.05, 3.63) is 0 Å². The lowest BCUT2D eigenvalue weighted by Crippen LogP contribution is -2.64. The highest BCUT2D eigenvalue weighted by Gasteiger charge is 2.50. The first-order chi connectivity index (χ1) is 15.2. The van der Waals surface area contributed by atoms with E-state index in [0.717, 1.165) is 0 Å². The van der Waals surface area contributed by atoms with Crippen molar-refractivity contribution >= 4 is 17.7 Å². The minimum absolute atomic E-state index is 0.0798. The Labute approximate surface area is 189 Å². The second-order valence-electron chi connectivity index (χ2n) is 7.41. The van der Waals surface area contributed by atoms with Crippen LogP contribution in [0.15, 0.2) is 0 Å². The molecule has 0 radical (unpaired) electrons. The van der Waals surface area contributed by atoms with Crippen molar-refractivity contribution in [2.75, 3.05) is 38.4 Å². The van der Waals surface area contributed by atoms with E-state index in [1.807, 2.05) is 0 Å². The van der Waals surface area contributed by atoms with Crippen LogP contribution in [0, 0.1) is 0 Å². The molecule has 14 heteroatoms. The molecule has 1 amide bonds. The first kappa shape index (κ1) is 27.6. The molecule has 8 N–H and O–H groups in total. The van der Waals surface area contributed by atoms with Gasteiger partial charge in [-0.3, -0.25) is 4.79 Å². The molecule has 10 unspecified atom stereocenters. The molecule has 0 aromatic carbocycles. The zero-order chi connectivity index (χ0) is 23.8. The molecule has 10 atom stereocenters. The van der Waals surface area contributed by atoms with Crippen LogP contribution in [0.5, 0.6) is 0 Å². The summed E-state index contributed by atoms with van der Waals surface area (Å²) >= 11 is 1.45. The second-order valence-corrected chi connectivity index (χ2v) is 8.64. The van der Waals surface area contributed by atoms with Crippen LogP contribution in [0.1, 0.15) is 6.42 Å². The molecule has 188 valence electrons. The molecule has 2 heterocycles. The number of carbonyl (C=O) groups is 1. The van der Waals surface area contributed by atoms with Crippen LogP contribution >= 0.6 is 11.8 Å². The Bertz CT molecular complexity index is 570. The predicted molar refractivity (Wildman–Crippen MR) is 108 cm³/mol. The van der Waals surface area contributed by atoms with Crippen LogP contribution in [0.25, 0.3) is 0 Å². The molecule has 0 aromatic rings. The lowest BCUT2D eigenvalue weighted by atomic mass is 9.97. The first-order valence-corrected chi connectivity index (χ1v) is 11.4. The molecule has 2 fully saturated rings. The quantitative estimate of drug-likeness (QED) is 0.129. The zero-order valence-corrected chi connectivity index (χ0v) is 18.4. The van der Waals surface area contributed by atoms with E-state index in [1.165, 1.54) is 11.8 Å². The van der Waals surface area contributed by atoms with Gasteiger partial charge in [-0.15, -0.1) is 0 Å². The van der Waals surface area contributed by atoms with E-state index in [9.17, 15) is 40.5 Å². The third-order valence-electron chi connectivity index (χ3n) is 5.22. The molecule has 0 spiro atoms. The highest BCUT2D eigenvalue weighted by molar-refractivity contribution is 7.99. The Balaban J connectivity index is 1.89. The smallest absolute Gasteiger partial charge is 0.220 e. The minimum atomic E-state index is -1.72. The molecule has 2 aliphatic rings. The number of aliphatic hydroxyl groups is 7. The van der Waals surface area contributed by atoms with E-state index in [4.69, 9.17) is 18.9 Å². The number of aliphatic hydroxyl groups excluding tert-OH is 7. The average Bonchev–Trinajstić information content (AvgIpc) is 2.80. The lowest BCUT2D eigenvalue weighted by molar-refractivity contribution is -0.359. The Hall–Kier alpha value is -0.620. The van der Waals surface area contributed by atoms with E-state index in [1.54, 1.807) is 7.05 Å². The largest absolute Gasteiger partial charge is 0.394 e. The number of rotatable bonds is 11. The summed E-state index contributed by atoms with van der Waals surface area (Å²) in [6.45, 7) is -1.16.